The van der Waals surface area contributed by atoms with Gasteiger partial charge in [-0.3, -0.25) is 0 Å². The van der Waals surface area contributed by atoms with Crippen LogP contribution in [-0.2, 0) is 10.0 Å². The molecule has 1 aliphatic heterocycles. The lowest BCUT2D eigenvalue weighted by Gasteiger charge is -2.16. The Bertz CT molecular complexity index is 1240. The number of benzene rings is 1. The molecule has 0 saturated heterocycles. The number of hydrogen-bond acceptors (Lipinski definition) is 4. The predicted octanol–water partition coefficient (Wildman–Crippen LogP) is 4.08. The van der Waals surface area contributed by atoms with Crippen molar-refractivity contribution < 1.29 is 12.5 Å². The molecule has 0 radical (unpaired) electrons. The third-order valence-corrected chi connectivity index (χ3v) is 8.61. The molecular weight excluding hydrogens is 456 g/mol. The highest BCUT2D eigenvalue weighted by atomic mass is 79.9. The van der Waals surface area contributed by atoms with E-state index in [4.69, 9.17) is 0 Å². The highest BCUT2D eigenvalue weighted by Crippen LogP contribution is 2.30. The van der Waals surface area contributed by atoms with Crippen LogP contribution in [0.1, 0.15) is 5.56 Å². The van der Waals surface area contributed by atoms with Gasteiger partial charge in [0, 0.05) is 36.2 Å². The summed E-state index contributed by atoms with van der Waals surface area (Å²) < 4.78 is 27.9. The topological polar surface area (TPSA) is 78.2 Å². The Morgan fingerprint density at radius 2 is 1.89 bits per heavy atom. The fourth-order valence-corrected chi connectivity index (χ4v) is 6.40. The molecule has 0 amide bonds. The van der Waals surface area contributed by atoms with E-state index in [0.29, 0.717) is 0 Å². The van der Waals surface area contributed by atoms with Gasteiger partial charge in [0.25, 0.3) is 0 Å². The van der Waals surface area contributed by atoms with Gasteiger partial charge in [0.15, 0.2) is 0 Å². The van der Waals surface area contributed by atoms with E-state index in [9.17, 15) is 8.42 Å². The Balaban J connectivity index is 1.78. The number of fused-ring (bicyclic) bond motifs is 1. The van der Waals surface area contributed by atoms with Crippen LogP contribution in [0.3, 0.4) is 0 Å². The lowest BCUT2D eigenvalue weighted by molar-refractivity contribution is -0.417. The zero-order chi connectivity index (χ0) is 20.1. The highest BCUT2D eigenvalue weighted by molar-refractivity contribution is 9.10. The van der Waals surface area contributed by atoms with Crippen LogP contribution in [0.25, 0.3) is 16.6 Å². The minimum atomic E-state index is -3.68. The summed E-state index contributed by atoms with van der Waals surface area (Å²) in [6, 6.07) is 10.4. The Morgan fingerprint density at radius 1 is 1.18 bits per heavy atom. The second-order valence-electron chi connectivity index (χ2n) is 7.74. The lowest BCUT2D eigenvalue weighted by atomic mass is 10.1. The monoisotopic (exact) mass is 475 g/mol. The predicted molar refractivity (Wildman–Crippen MR) is 116 cm³/mol. The van der Waals surface area contributed by atoms with Gasteiger partial charge in [0.2, 0.25) is 6.54 Å². The van der Waals surface area contributed by atoms with Gasteiger partial charge in [-0.2, -0.15) is 8.42 Å². The van der Waals surface area contributed by atoms with Gasteiger partial charge in [0.1, 0.15) is 16.7 Å². The maximum atomic E-state index is 12.9. The maximum absolute atomic E-state index is 12.9. The number of nitrogens with zero attached hydrogens (tertiary/aromatic N) is 3. The van der Waals surface area contributed by atoms with Gasteiger partial charge in [-0.1, -0.05) is 37.8 Å². The third-order valence-electron chi connectivity index (χ3n) is 4.65. The van der Waals surface area contributed by atoms with Gasteiger partial charge in [-0.05, 0) is 34.1 Å². The first-order valence-electron chi connectivity index (χ1n) is 8.83. The van der Waals surface area contributed by atoms with Crippen LogP contribution in [0.5, 0.6) is 0 Å². The maximum Gasteiger partial charge on any atom is 0.418 e. The number of hydrogen-bond donors (Lipinski definition) is 1. The Hall–Kier alpha value is -2.10. The van der Waals surface area contributed by atoms with Crippen LogP contribution in [0.15, 0.2) is 63.3 Å². The Kier molecular flexibility index (Phi) is 4.63. The number of azo groups is 1. The van der Waals surface area contributed by atoms with Crippen molar-refractivity contribution in [2.45, 2.75) is 24.5 Å². The van der Waals surface area contributed by atoms with E-state index >= 15 is 0 Å². The normalized spacial score (nSPS) is 15.0. The molecule has 3 heterocycles. The number of H-pyrrole nitrogens is 1. The molecule has 0 spiro atoms. The van der Waals surface area contributed by atoms with Crippen LogP contribution in [0.4, 0.5) is 0 Å². The second kappa shape index (κ2) is 6.75. The highest BCUT2D eigenvalue weighted by Gasteiger charge is 2.36. The fourth-order valence-electron chi connectivity index (χ4n) is 3.31. The van der Waals surface area contributed by atoms with Crippen LogP contribution in [-0.4, -0.2) is 37.1 Å². The van der Waals surface area contributed by atoms with Gasteiger partial charge in [-0.25, -0.2) is 4.98 Å². The van der Waals surface area contributed by atoms with Crippen LogP contribution in [0.2, 0.25) is 19.6 Å². The molecule has 6 nitrogen and oxygen atoms in total. The molecule has 144 valence electrons. The zero-order valence-electron chi connectivity index (χ0n) is 15.8. The van der Waals surface area contributed by atoms with Crippen LogP contribution < -0.4 is 5.32 Å². The summed E-state index contributed by atoms with van der Waals surface area (Å²) in [6.07, 6.45) is 3.42. The second-order valence-corrected chi connectivity index (χ2v) is 15.5. The Labute approximate surface area is 173 Å². The number of aromatic nitrogens is 2. The summed E-state index contributed by atoms with van der Waals surface area (Å²) in [7, 11) is -5.42. The number of rotatable bonds is 4. The smallest absolute Gasteiger partial charge is 0.347 e. The molecule has 28 heavy (non-hydrogen) atoms. The van der Waals surface area contributed by atoms with Crippen molar-refractivity contribution in [2.75, 3.05) is 6.54 Å². The first-order valence-corrected chi connectivity index (χ1v) is 14.6. The molecule has 0 aliphatic carbocycles. The summed E-state index contributed by atoms with van der Waals surface area (Å²) in [6.45, 7) is 6.96. The number of aromatic amines is 1. The third kappa shape index (κ3) is 3.27. The number of sulfonamides is 1. The molecule has 1 N–H and O–H groups in total. The first-order chi connectivity index (χ1) is 13.2. The lowest BCUT2D eigenvalue weighted by Crippen LogP contribution is -2.41. The summed E-state index contributed by atoms with van der Waals surface area (Å²) >= 11 is 3.49. The van der Waals surface area contributed by atoms with Crippen molar-refractivity contribution in [3.05, 3.63) is 58.8 Å². The van der Waals surface area contributed by atoms with Gasteiger partial charge in [0.05, 0.1) is 13.6 Å². The molecule has 0 atom stereocenters. The molecule has 1 aliphatic rings. The Morgan fingerprint density at radius 3 is 2.57 bits per heavy atom. The van der Waals surface area contributed by atoms with Crippen molar-refractivity contribution in [3.8, 4) is 0 Å². The van der Waals surface area contributed by atoms with Gasteiger partial charge < -0.3 is 4.98 Å². The average molecular weight is 476 g/mol. The minimum Gasteiger partial charge on any atom is -0.347 e. The summed E-state index contributed by atoms with van der Waals surface area (Å²) in [5, 5.41) is 6.35. The fraction of sp³-hybridized carbons (Fsp3) is 0.211. The molecule has 2 aromatic heterocycles. The quantitative estimate of drug-likeness (QED) is 0.455. The minimum absolute atomic E-state index is 0.203. The van der Waals surface area contributed by atoms with Crippen molar-refractivity contribution in [1.29, 1.82) is 0 Å². The van der Waals surface area contributed by atoms with Crippen molar-refractivity contribution in [1.82, 2.24) is 9.97 Å². The van der Waals surface area contributed by atoms with E-state index in [1.165, 1.54) is 0 Å². The molecule has 0 unspecified atom stereocenters. The molecule has 9 heteroatoms. The standard InChI is InChI=1S/C19H19BrN4O2SSi/c1-28(2,3)19-17(16-9-14(20)11-21-18(16)23-19)13-10-22-24(12-13)27(25,26)15-7-5-4-6-8-15/h4-11H,12H2,1-3H3/p+1. The van der Waals surface area contributed by atoms with E-state index in [1.807, 2.05) is 6.07 Å². The van der Waals surface area contributed by atoms with E-state index in [2.05, 4.69) is 50.7 Å². The summed E-state index contributed by atoms with van der Waals surface area (Å²) in [5.74, 6) is 0. The molecule has 0 saturated carbocycles. The SMILES string of the molecule is C[Si](C)(C)c1[nH]c2ncc(Br)cc2c1C1=CN=[N+](S(=O)(=O)c2ccccc2)C1. The van der Waals surface area contributed by atoms with Crippen molar-refractivity contribution in [2.24, 2.45) is 5.11 Å². The molecule has 3 aromatic rings. The van der Waals surface area contributed by atoms with Gasteiger partial charge in [-0.15, -0.1) is 0 Å². The molecule has 1 aromatic carbocycles. The molecule has 0 bridgehead atoms. The number of nitrogens with one attached hydrogen (secondary N) is 1. The average Bonchev–Trinajstić information content (AvgIpc) is 3.26. The zero-order valence-corrected chi connectivity index (χ0v) is 19.2. The summed E-state index contributed by atoms with van der Waals surface area (Å²) in [4.78, 5) is 8.20. The van der Waals surface area contributed by atoms with E-state index in [-0.39, 0.29) is 11.4 Å². The van der Waals surface area contributed by atoms with Gasteiger partial charge >= 0.3 is 10.0 Å². The summed E-state index contributed by atoms with van der Waals surface area (Å²) in [5.41, 5.74) is 2.71. The number of pyridine rings is 1. The van der Waals surface area contributed by atoms with E-state index < -0.39 is 18.1 Å². The van der Waals surface area contributed by atoms with E-state index in [0.717, 1.165) is 36.1 Å². The van der Waals surface area contributed by atoms with E-state index in [1.54, 1.807) is 42.7 Å². The number of halogens is 1. The molecule has 4 rings (SSSR count). The van der Waals surface area contributed by atoms with Crippen LogP contribution >= 0.6 is 15.9 Å². The first kappa shape index (κ1) is 19.2. The van der Waals surface area contributed by atoms with Crippen LogP contribution in [0, 0.1) is 0 Å². The largest absolute Gasteiger partial charge is 0.418 e. The van der Waals surface area contributed by atoms with Crippen molar-refractivity contribution in [3.63, 3.8) is 0 Å². The molecule has 0 fully saturated rings. The molecular formula is C19H20BrN4O2SSi+. The van der Waals surface area contributed by atoms with Crippen molar-refractivity contribution >= 4 is 56.0 Å².